The highest BCUT2D eigenvalue weighted by Crippen LogP contribution is 2.40. The Hall–Kier alpha value is -2.80. The van der Waals surface area contributed by atoms with Crippen molar-refractivity contribution in [2.75, 3.05) is 11.5 Å². The molecule has 1 aliphatic rings. The first-order chi connectivity index (χ1) is 16.0. The maximum absolute atomic E-state index is 13.0. The van der Waals surface area contributed by atoms with E-state index in [9.17, 15) is 4.79 Å². The molecule has 0 aromatic heterocycles. The van der Waals surface area contributed by atoms with Crippen LogP contribution in [-0.2, 0) is 11.4 Å². The molecular weight excluding hydrogens is 474 g/mol. The van der Waals surface area contributed by atoms with Crippen molar-refractivity contribution in [3.05, 3.63) is 93.3 Å². The number of para-hydroxylation sites is 1. The number of amides is 1. The fraction of sp³-hybridized carbons (Fsp3) is 0.154. The zero-order valence-corrected chi connectivity index (χ0v) is 20.6. The van der Waals surface area contributed by atoms with Crippen molar-refractivity contribution in [3.8, 4) is 11.5 Å². The second-order valence-electron chi connectivity index (χ2n) is 7.39. The van der Waals surface area contributed by atoms with Crippen LogP contribution in [0.5, 0.6) is 11.5 Å². The second-order valence-corrected chi connectivity index (χ2v) is 9.48. The van der Waals surface area contributed by atoms with Crippen LogP contribution in [0.1, 0.15) is 23.6 Å². The highest BCUT2D eigenvalue weighted by molar-refractivity contribution is 8.27. The Balaban J connectivity index is 1.60. The SMILES string of the molecule is CCOc1cc(/C=C2/SC(=S)N(c3ccccc3)C2=O)cc(Cl)c1OCc1cccc(C)c1. The van der Waals surface area contributed by atoms with Gasteiger partial charge >= 0.3 is 0 Å². The first-order valence-corrected chi connectivity index (χ1v) is 12.0. The summed E-state index contributed by atoms with van der Waals surface area (Å²) < 4.78 is 12.3. The smallest absolute Gasteiger partial charge is 0.270 e. The van der Waals surface area contributed by atoms with E-state index < -0.39 is 0 Å². The molecule has 7 heteroatoms. The number of carbonyl (C=O) groups excluding carboxylic acids is 1. The quantitative estimate of drug-likeness (QED) is 0.260. The number of benzene rings is 3. The first-order valence-electron chi connectivity index (χ1n) is 10.4. The van der Waals surface area contributed by atoms with Crippen molar-refractivity contribution in [3.63, 3.8) is 0 Å². The molecule has 0 N–H and O–H groups in total. The standard InChI is InChI=1S/C26H22ClNO3S2/c1-3-30-22-14-19(13-21(27)24(22)31-16-18-9-7-8-17(2)12-18)15-23-25(29)28(26(32)33-23)20-10-5-4-6-11-20/h4-15H,3,16H2,1-2H3/b23-15+. The molecule has 168 valence electrons. The average molecular weight is 496 g/mol. The Labute approximate surface area is 208 Å². The number of hydrogen-bond donors (Lipinski definition) is 0. The molecule has 0 saturated carbocycles. The molecule has 1 amide bonds. The Kier molecular flexibility index (Phi) is 7.38. The van der Waals surface area contributed by atoms with Crippen LogP contribution in [0, 0.1) is 6.92 Å². The summed E-state index contributed by atoms with van der Waals surface area (Å²) in [5, 5.41) is 0.415. The molecule has 33 heavy (non-hydrogen) atoms. The van der Waals surface area contributed by atoms with Gasteiger partial charge < -0.3 is 9.47 Å². The summed E-state index contributed by atoms with van der Waals surface area (Å²) in [5.41, 5.74) is 3.69. The maximum Gasteiger partial charge on any atom is 0.270 e. The first kappa shape index (κ1) is 23.4. The van der Waals surface area contributed by atoms with E-state index in [4.69, 9.17) is 33.3 Å². The predicted octanol–water partition coefficient (Wildman–Crippen LogP) is 7.03. The Morgan fingerprint density at radius 3 is 2.58 bits per heavy atom. The number of carbonyl (C=O) groups is 1. The number of ether oxygens (including phenoxy) is 2. The summed E-state index contributed by atoms with van der Waals surface area (Å²) in [4.78, 5) is 15.1. The second kappa shape index (κ2) is 10.4. The van der Waals surface area contributed by atoms with Gasteiger partial charge in [-0.15, -0.1) is 0 Å². The van der Waals surface area contributed by atoms with Gasteiger partial charge in [-0.25, -0.2) is 0 Å². The van der Waals surface area contributed by atoms with Gasteiger partial charge in [-0.3, -0.25) is 9.69 Å². The van der Waals surface area contributed by atoms with E-state index in [1.54, 1.807) is 12.1 Å². The van der Waals surface area contributed by atoms with Crippen LogP contribution >= 0.6 is 35.6 Å². The minimum absolute atomic E-state index is 0.162. The van der Waals surface area contributed by atoms with E-state index in [0.717, 1.165) is 22.4 Å². The Morgan fingerprint density at radius 2 is 1.85 bits per heavy atom. The van der Waals surface area contributed by atoms with E-state index in [1.165, 1.54) is 16.7 Å². The maximum atomic E-state index is 13.0. The highest BCUT2D eigenvalue weighted by atomic mass is 35.5. The van der Waals surface area contributed by atoms with Crippen molar-refractivity contribution in [2.24, 2.45) is 0 Å². The van der Waals surface area contributed by atoms with Crippen molar-refractivity contribution in [1.29, 1.82) is 0 Å². The molecule has 0 atom stereocenters. The van der Waals surface area contributed by atoms with E-state index in [0.29, 0.717) is 39.0 Å². The number of rotatable bonds is 7. The molecule has 0 radical (unpaired) electrons. The van der Waals surface area contributed by atoms with Crippen LogP contribution in [0.25, 0.3) is 6.08 Å². The van der Waals surface area contributed by atoms with Crippen LogP contribution < -0.4 is 14.4 Å². The molecule has 1 fully saturated rings. The van der Waals surface area contributed by atoms with Gasteiger partial charge in [0.25, 0.3) is 5.91 Å². The van der Waals surface area contributed by atoms with Crippen LogP contribution in [0.4, 0.5) is 5.69 Å². The minimum Gasteiger partial charge on any atom is -0.490 e. The fourth-order valence-electron chi connectivity index (χ4n) is 3.45. The van der Waals surface area contributed by atoms with Crippen LogP contribution in [0.15, 0.2) is 71.6 Å². The zero-order valence-electron chi connectivity index (χ0n) is 18.2. The zero-order chi connectivity index (χ0) is 23.4. The molecule has 1 aliphatic heterocycles. The summed E-state index contributed by atoms with van der Waals surface area (Å²) in [5.74, 6) is 0.849. The number of halogens is 1. The minimum atomic E-state index is -0.162. The summed E-state index contributed by atoms with van der Waals surface area (Å²) in [6, 6.07) is 21.1. The van der Waals surface area contributed by atoms with Crippen LogP contribution in [0.2, 0.25) is 5.02 Å². The summed E-state index contributed by atoms with van der Waals surface area (Å²) in [6.45, 7) is 4.76. The fourth-order valence-corrected chi connectivity index (χ4v) is 5.02. The van der Waals surface area contributed by atoms with Crippen LogP contribution in [0.3, 0.4) is 0 Å². The molecule has 0 spiro atoms. The van der Waals surface area contributed by atoms with Gasteiger partial charge in [0.1, 0.15) is 6.61 Å². The molecule has 4 rings (SSSR count). The molecule has 1 heterocycles. The number of aryl methyl sites for hydroxylation is 1. The van der Waals surface area contributed by atoms with Crippen molar-refractivity contribution < 1.29 is 14.3 Å². The lowest BCUT2D eigenvalue weighted by molar-refractivity contribution is -0.113. The van der Waals surface area contributed by atoms with Gasteiger partial charge in [0.2, 0.25) is 0 Å². The molecule has 3 aromatic carbocycles. The molecule has 0 unspecified atom stereocenters. The highest BCUT2D eigenvalue weighted by Gasteiger charge is 2.33. The largest absolute Gasteiger partial charge is 0.490 e. The Morgan fingerprint density at radius 1 is 1.06 bits per heavy atom. The monoisotopic (exact) mass is 495 g/mol. The van der Waals surface area contributed by atoms with Gasteiger partial charge in [-0.05, 0) is 55.3 Å². The number of thiocarbonyl (C=S) groups is 1. The average Bonchev–Trinajstić information content (AvgIpc) is 3.06. The molecular formula is C26H22ClNO3S2. The van der Waals surface area contributed by atoms with E-state index in [1.807, 2.05) is 68.4 Å². The third kappa shape index (κ3) is 5.41. The lowest BCUT2D eigenvalue weighted by Crippen LogP contribution is -2.27. The number of hydrogen-bond acceptors (Lipinski definition) is 5. The molecule has 1 saturated heterocycles. The Bertz CT molecular complexity index is 1230. The predicted molar refractivity (Wildman–Crippen MR) is 140 cm³/mol. The molecule has 0 aliphatic carbocycles. The van der Waals surface area contributed by atoms with Crippen molar-refractivity contribution in [1.82, 2.24) is 0 Å². The number of thioether (sulfide) groups is 1. The summed E-state index contributed by atoms with van der Waals surface area (Å²) >= 11 is 13.3. The third-order valence-corrected chi connectivity index (χ3v) is 6.49. The molecule has 4 nitrogen and oxygen atoms in total. The molecule has 3 aromatic rings. The lowest BCUT2D eigenvalue weighted by Gasteiger charge is -2.15. The van der Waals surface area contributed by atoms with E-state index >= 15 is 0 Å². The van der Waals surface area contributed by atoms with Crippen molar-refractivity contribution >= 4 is 57.6 Å². The summed E-state index contributed by atoms with van der Waals surface area (Å²) in [7, 11) is 0. The van der Waals surface area contributed by atoms with Gasteiger partial charge in [0.05, 0.1) is 22.2 Å². The summed E-state index contributed by atoms with van der Waals surface area (Å²) in [6.07, 6.45) is 1.78. The third-order valence-electron chi connectivity index (χ3n) is 4.90. The van der Waals surface area contributed by atoms with Crippen molar-refractivity contribution in [2.45, 2.75) is 20.5 Å². The van der Waals surface area contributed by atoms with E-state index in [2.05, 4.69) is 6.07 Å². The topological polar surface area (TPSA) is 38.8 Å². The lowest BCUT2D eigenvalue weighted by atomic mass is 10.1. The van der Waals surface area contributed by atoms with Gasteiger partial charge in [0.15, 0.2) is 15.8 Å². The normalized spacial score (nSPS) is 14.8. The van der Waals surface area contributed by atoms with Gasteiger partial charge in [-0.2, -0.15) is 0 Å². The molecule has 0 bridgehead atoms. The van der Waals surface area contributed by atoms with E-state index in [-0.39, 0.29) is 5.91 Å². The van der Waals surface area contributed by atoms with Gasteiger partial charge in [0, 0.05) is 0 Å². The number of anilines is 1. The van der Waals surface area contributed by atoms with Crippen LogP contribution in [-0.4, -0.2) is 16.8 Å². The van der Waals surface area contributed by atoms with Gasteiger partial charge in [-0.1, -0.05) is 83.6 Å². The number of nitrogens with zero attached hydrogens (tertiary/aromatic N) is 1.